The quantitative estimate of drug-likeness (QED) is 0.852. The fourth-order valence-corrected chi connectivity index (χ4v) is 2.27. The molecule has 1 heterocycles. The summed E-state index contributed by atoms with van der Waals surface area (Å²) in [4.78, 5) is 8.08. The smallest absolute Gasteiger partial charge is 0.112 e. The van der Waals surface area contributed by atoms with Crippen molar-refractivity contribution in [3.63, 3.8) is 0 Å². The number of nitrogens with zero attached hydrogens (tertiary/aromatic N) is 1. The van der Waals surface area contributed by atoms with Crippen molar-refractivity contribution in [3.05, 3.63) is 29.6 Å². The number of H-pyrrole nitrogens is 1. The van der Waals surface area contributed by atoms with Gasteiger partial charge in [-0.15, -0.1) is 0 Å². The summed E-state index contributed by atoms with van der Waals surface area (Å²) in [6, 6.07) is 6.45. The molecule has 0 spiro atoms. The Bertz CT molecular complexity index is 585. The van der Waals surface area contributed by atoms with Gasteiger partial charge in [0.15, 0.2) is 0 Å². The molecular weight excluding hydrogens is 222 g/mol. The summed E-state index contributed by atoms with van der Waals surface area (Å²) < 4.78 is 0. The van der Waals surface area contributed by atoms with Gasteiger partial charge in [0.2, 0.25) is 0 Å². The van der Waals surface area contributed by atoms with E-state index in [0.717, 1.165) is 36.1 Å². The van der Waals surface area contributed by atoms with Crippen molar-refractivity contribution in [1.82, 2.24) is 9.97 Å². The predicted octanol–water partition coefficient (Wildman–Crippen LogP) is 2.89. The highest BCUT2D eigenvalue weighted by Gasteiger charge is 2.37. The van der Waals surface area contributed by atoms with Crippen molar-refractivity contribution >= 4 is 11.0 Å². The van der Waals surface area contributed by atoms with Gasteiger partial charge in [-0.25, -0.2) is 4.98 Å². The number of hydrogen-bond acceptors (Lipinski definition) is 2. The highest BCUT2D eigenvalue weighted by atomic mass is 14.9. The van der Waals surface area contributed by atoms with E-state index in [1.807, 2.05) is 0 Å². The van der Waals surface area contributed by atoms with Gasteiger partial charge in [-0.3, -0.25) is 0 Å². The maximum Gasteiger partial charge on any atom is 0.112 e. The average Bonchev–Trinajstić information content (AvgIpc) is 2.83. The highest BCUT2D eigenvalue weighted by molar-refractivity contribution is 5.76. The Morgan fingerprint density at radius 3 is 2.67 bits per heavy atom. The van der Waals surface area contributed by atoms with E-state index in [1.165, 1.54) is 5.56 Å². The molecule has 1 aliphatic carbocycles. The van der Waals surface area contributed by atoms with E-state index in [9.17, 15) is 0 Å². The largest absolute Gasteiger partial charge is 0.342 e. The standard InChI is InChI=1S/C15H21N3/c1-14(2,3)13-17-11-5-4-10(8-12(11)18-13)9-15(16)6-7-15/h4-5,8H,6-7,9,16H2,1-3H3,(H,17,18). The molecule has 0 unspecified atom stereocenters. The van der Waals surface area contributed by atoms with Crippen LogP contribution in [0.4, 0.5) is 0 Å². The molecule has 18 heavy (non-hydrogen) atoms. The summed E-state index contributed by atoms with van der Waals surface area (Å²) in [7, 11) is 0. The maximum absolute atomic E-state index is 6.17. The molecule has 0 bridgehead atoms. The number of nitrogens with one attached hydrogen (secondary N) is 1. The number of hydrogen-bond donors (Lipinski definition) is 2. The number of aromatic amines is 1. The Kier molecular flexibility index (Phi) is 2.33. The SMILES string of the molecule is CC(C)(C)c1nc2ccc(CC3(N)CC3)cc2[nH]1. The molecule has 0 radical (unpaired) electrons. The molecule has 1 saturated carbocycles. The predicted molar refractivity (Wildman–Crippen MR) is 74.7 cm³/mol. The van der Waals surface area contributed by atoms with Crippen LogP contribution >= 0.6 is 0 Å². The Balaban J connectivity index is 1.96. The van der Waals surface area contributed by atoms with Crippen LogP contribution in [0.1, 0.15) is 45.0 Å². The fourth-order valence-electron chi connectivity index (χ4n) is 2.27. The molecular formula is C15H21N3. The minimum Gasteiger partial charge on any atom is -0.342 e. The Labute approximate surface area is 108 Å². The second-order valence-corrected chi connectivity index (χ2v) is 6.73. The van der Waals surface area contributed by atoms with Gasteiger partial charge in [0.1, 0.15) is 5.82 Å². The van der Waals surface area contributed by atoms with Gasteiger partial charge in [-0.1, -0.05) is 26.8 Å². The topological polar surface area (TPSA) is 54.7 Å². The third kappa shape index (κ3) is 2.15. The van der Waals surface area contributed by atoms with Gasteiger partial charge in [0.25, 0.3) is 0 Å². The second kappa shape index (κ2) is 3.58. The molecule has 3 nitrogen and oxygen atoms in total. The molecule has 1 aliphatic rings. The molecule has 1 aromatic heterocycles. The number of aromatic nitrogens is 2. The molecule has 96 valence electrons. The van der Waals surface area contributed by atoms with Crippen LogP contribution in [-0.2, 0) is 11.8 Å². The molecule has 2 aromatic rings. The third-order valence-electron chi connectivity index (χ3n) is 3.71. The molecule has 0 aliphatic heterocycles. The number of nitrogens with two attached hydrogens (primary N) is 1. The number of fused-ring (bicyclic) bond motifs is 1. The van der Waals surface area contributed by atoms with E-state index < -0.39 is 0 Å². The van der Waals surface area contributed by atoms with Crippen LogP contribution in [-0.4, -0.2) is 15.5 Å². The zero-order valence-electron chi connectivity index (χ0n) is 11.4. The van der Waals surface area contributed by atoms with Crippen LogP contribution in [0.25, 0.3) is 11.0 Å². The number of rotatable bonds is 2. The lowest BCUT2D eigenvalue weighted by atomic mass is 9.96. The Hall–Kier alpha value is -1.35. The highest BCUT2D eigenvalue weighted by Crippen LogP contribution is 2.36. The average molecular weight is 243 g/mol. The van der Waals surface area contributed by atoms with Crippen LogP contribution in [0, 0.1) is 0 Å². The van der Waals surface area contributed by atoms with Crippen molar-refractivity contribution in [1.29, 1.82) is 0 Å². The molecule has 3 heteroatoms. The monoisotopic (exact) mass is 243 g/mol. The van der Waals surface area contributed by atoms with Crippen LogP contribution < -0.4 is 5.73 Å². The van der Waals surface area contributed by atoms with Gasteiger partial charge in [-0.2, -0.15) is 0 Å². The first-order valence-corrected chi connectivity index (χ1v) is 6.64. The van der Waals surface area contributed by atoms with Gasteiger partial charge in [0, 0.05) is 11.0 Å². The van der Waals surface area contributed by atoms with E-state index in [1.54, 1.807) is 0 Å². The summed E-state index contributed by atoms with van der Waals surface area (Å²) in [5.74, 6) is 1.04. The van der Waals surface area contributed by atoms with E-state index in [-0.39, 0.29) is 11.0 Å². The summed E-state index contributed by atoms with van der Waals surface area (Å²) in [5.41, 5.74) is 9.79. The van der Waals surface area contributed by atoms with Crippen LogP contribution in [0.2, 0.25) is 0 Å². The van der Waals surface area contributed by atoms with Crippen molar-refractivity contribution in [3.8, 4) is 0 Å². The molecule has 3 rings (SSSR count). The molecule has 0 amide bonds. The lowest BCUT2D eigenvalue weighted by Gasteiger charge is -2.13. The number of imidazole rings is 1. The lowest BCUT2D eigenvalue weighted by molar-refractivity contribution is 0.554. The minimum atomic E-state index is 0.0603. The zero-order valence-corrected chi connectivity index (χ0v) is 11.4. The van der Waals surface area contributed by atoms with Crippen LogP contribution in [0.3, 0.4) is 0 Å². The molecule has 0 atom stereocenters. The summed E-state index contributed by atoms with van der Waals surface area (Å²) in [6.45, 7) is 6.51. The number of benzene rings is 1. The van der Waals surface area contributed by atoms with Gasteiger partial charge in [0.05, 0.1) is 11.0 Å². The normalized spacial score (nSPS) is 18.2. The maximum atomic E-state index is 6.17. The van der Waals surface area contributed by atoms with Gasteiger partial charge in [-0.05, 0) is 37.0 Å². The lowest BCUT2D eigenvalue weighted by Crippen LogP contribution is -2.24. The van der Waals surface area contributed by atoms with E-state index in [0.29, 0.717) is 0 Å². The van der Waals surface area contributed by atoms with Crippen molar-refractivity contribution in [2.45, 2.75) is 51.0 Å². The van der Waals surface area contributed by atoms with Crippen LogP contribution in [0.15, 0.2) is 18.2 Å². The third-order valence-corrected chi connectivity index (χ3v) is 3.71. The van der Waals surface area contributed by atoms with Gasteiger partial charge >= 0.3 is 0 Å². The zero-order chi connectivity index (χ0) is 13.0. The first kappa shape index (κ1) is 11.7. The minimum absolute atomic E-state index is 0.0603. The van der Waals surface area contributed by atoms with E-state index >= 15 is 0 Å². The van der Waals surface area contributed by atoms with Gasteiger partial charge < -0.3 is 10.7 Å². The van der Waals surface area contributed by atoms with E-state index in [2.05, 4.69) is 48.9 Å². The molecule has 0 saturated heterocycles. The molecule has 1 fully saturated rings. The Morgan fingerprint density at radius 1 is 1.33 bits per heavy atom. The van der Waals surface area contributed by atoms with Crippen LogP contribution in [0.5, 0.6) is 0 Å². The summed E-state index contributed by atoms with van der Waals surface area (Å²) in [6.07, 6.45) is 3.29. The van der Waals surface area contributed by atoms with Crippen molar-refractivity contribution < 1.29 is 0 Å². The van der Waals surface area contributed by atoms with Crippen molar-refractivity contribution in [2.24, 2.45) is 5.73 Å². The molecule has 1 aromatic carbocycles. The second-order valence-electron chi connectivity index (χ2n) is 6.73. The Morgan fingerprint density at radius 2 is 2.06 bits per heavy atom. The summed E-state index contributed by atoms with van der Waals surface area (Å²) in [5, 5.41) is 0. The fraction of sp³-hybridized carbons (Fsp3) is 0.533. The molecule has 3 N–H and O–H groups in total. The van der Waals surface area contributed by atoms with Crippen molar-refractivity contribution in [2.75, 3.05) is 0 Å². The van der Waals surface area contributed by atoms with E-state index in [4.69, 9.17) is 5.73 Å². The summed E-state index contributed by atoms with van der Waals surface area (Å²) >= 11 is 0. The first-order chi connectivity index (χ1) is 8.36. The first-order valence-electron chi connectivity index (χ1n) is 6.64.